The lowest BCUT2D eigenvalue weighted by Gasteiger charge is -2.11. The number of aromatic nitrogens is 2. The molecule has 0 radical (unpaired) electrons. The number of rotatable bonds is 5. The van der Waals surface area contributed by atoms with Crippen LogP contribution in [0.25, 0.3) is 11.3 Å². The second-order valence-corrected chi connectivity index (χ2v) is 7.35. The third kappa shape index (κ3) is 4.22. The van der Waals surface area contributed by atoms with Crippen LogP contribution in [0.1, 0.15) is 30.7 Å². The van der Waals surface area contributed by atoms with Gasteiger partial charge in [-0.3, -0.25) is 4.79 Å². The van der Waals surface area contributed by atoms with Gasteiger partial charge in [0.15, 0.2) is 0 Å². The zero-order valence-electron chi connectivity index (χ0n) is 15.1. The predicted molar refractivity (Wildman–Crippen MR) is 109 cm³/mol. The molecule has 5 heteroatoms. The number of benzene rings is 2. The van der Waals surface area contributed by atoms with Gasteiger partial charge in [0.25, 0.3) is 0 Å². The monoisotopic (exact) mass is 379 g/mol. The number of carbonyl (C=O) groups is 1. The highest BCUT2D eigenvalue weighted by atomic mass is 35.5. The Hall–Kier alpha value is -2.59. The number of fused-ring (bicyclic) bond motifs is 1. The minimum absolute atomic E-state index is 0.00796. The van der Waals surface area contributed by atoms with E-state index in [1.807, 2.05) is 48.5 Å². The van der Waals surface area contributed by atoms with Crippen LogP contribution in [0.2, 0.25) is 5.02 Å². The lowest BCUT2D eigenvalue weighted by molar-refractivity contribution is -0.116. The molecule has 1 aliphatic heterocycles. The van der Waals surface area contributed by atoms with Gasteiger partial charge in [0.2, 0.25) is 5.91 Å². The molecule has 138 valence electrons. The second-order valence-electron chi connectivity index (χ2n) is 6.92. The van der Waals surface area contributed by atoms with Crippen LogP contribution in [0.15, 0.2) is 54.7 Å². The topological polar surface area (TPSA) is 46.9 Å². The van der Waals surface area contributed by atoms with E-state index in [0.717, 1.165) is 41.3 Å². The van der Waals surface area contributed by atoms with Gasteiger partial charge in [0.1, 0.15) is 5.82 Å². The van der Waals surface area contributed by atoms with Crippen molar-refractivity contribution < 1.29 is 4.79 Å². The van der Waals surface area contributed by atoms with Crippen molar-refractivity contribution in [2.75, 3.05) is 5.32 Å². The van der Waals surface area contributed by atoms with Gasteiger partial charge in [-0.2, -0.15) is 0 Å². The van der Waals surface area contributed by atoms with Crippen molar-refractivity contribution in [2.45, 2.75) is 38.6 Å². The van der Waals surface area contributed by atoms with Crippen LogP contribution in [0, 0.1) is 0 Å². The van der Waals surface area contributed by atoms with E-state index >= 15 is 0 Å². The Kier molecular flexibility index (Phi) is 5.26. The number of imidazole rings is 1. The highest BCUT2D eigenvalue weighted by molar-refractivity contribution is 6.30. The number of amides is 1. The summed E-state index contributed by atoms with van der Waals surface area (Å²) in [5, 5.41) is 3.75. The van der Waals surface area contributed by atoms with Gasteiger partial charge in [0.05, 0.1) is 11.4 Å². The molecule has 0 saturated heterocycles. The van der Waals surface area contributed by atoms with Crippen LogP contribution in [0.5, 0.6) is 0 Å². The van der Waals surface area contributed by atoms with Gasteiger partial charge in [-0.1, -0.05) is 41.9 Å². The molecule has 0 unspecified atom stereocenters. The summed E-state index contributed by atoms with van der Waals surface area (Å²) in [5.74, 6) is 1.13. The third-order valence-corrected chi connectivity index (χ3v) is 5.15. The molecule has 1 N–H and O–H groups in total. The van der Waals surface area contributed by atoms with E-state index in [1.165, 1.54) is 12.8 Å². The molecule has 4 nitrogen and oxygen atoms in total. The molecule has 0 fully saturated rings. The Morgan fingerprint density at radius 3 is 2.89 bits per heavy atom. The molecular weight excluding hydrogens is 358 g/mol. The third-order valence-electron chi connectivity index (χ3n) is 4.92. The van der Waals surface area contributed by atoms with Gasteiger partial charge in [-0.15, -0.1) is 0 Å². The number of hydrogen-bond donors (Lipinski definition) is 1. The van der Waals surface area contributed by atoms with E-state index in [9.17, 15) is 4.79 Å². The lowest BCUT2D eigenvalue weighted by atomic mass is 10.1. The highest BCUT2D eigenvalue weighted by Crippen LogP contribution is 2.29. The fourth-order valence-electron chi connectivity index (χ4n) is 3.52. The first kappa shape index (κ1) is 17.8. The van der Waals surface area contributed by atoms with Crippen LogP contribution in [-0.4, -0.2) is 15.5 Å². The number of hydrogen-bond acceptors (Lipinski definition) is 2. The molecule has 4 rings (SSSR count). The summed E-state index contributed by atoms with van der Waals surface area (Å²) in [6, 6.07) is 15.5. The summed E-state index contributed by atoms with van der Waals surface area (Å²) in [5.41, 5.74) is 3.77. The van der Waals surface area contributed by atoms with Crippen molar-refractivity contribution in [1.29, 1.82) is 0 Å². The first-order valence-corrected chi connectivity index (χ1v) is 9.76. The molecule has 2 heterocycles. The van der Waals surface area contributed by atoms with Gasteiger partial charge < -0.3 is 9.88 Å². The average Bonchev–Trinajstić information content (AvgIpc) is 3.11. The zero-order chi connectivity index (χ0) is 18.6. The van der Waals surface area contributed by atoms with Crippen LogP contribution in [-0.2, 0) is 24.2 Å². The molecule has 1 aliphatic rings. The summed E-state index contributed by atoms with van der Waals surface area (Å²) in [6.07, 6.45) is 6.59. The summed E-state index contributed by atoms with van der Waals surface area (Å²) in [4.78, 5) is 17.3. The number of nitrogens with one attached hydrogen (secondary N) is 1. The van der Waals surface area contributed by atoms with E-state index in [4.69, 9.17) is 16.6 Å². The molecule has 1 aromatic heterocycles. The minimum atomic E-state index is -0.00796. The van der Waals surface area contributed by atoms with E-state index in [2.05, 4.69) is 16.1 Å². The van der Waals surface area contributed by atoms with Crippen molar-refractivity contribution in [3.63, 3.8) is 0 Å². The van der Waals surface area contributed by atoms with Crippen molar-refractivity contribution in [2.24, 2.45) is 0 Å². The maximum absolute atomic E-state index is 12.5. The molecule has 27 heavy (non-hydrogen) atoms. The van der Waals surface area contributed by atoms with Gasteiger partial charge in [0, 0.05) is 36.2 Å². The van der Waals surface area contributed by atoms with Crippen molar-refractivity contribution in [1.82, 2.24) is 9.55 Å². The number of nitrogens with zero attached hydrogens (tertiary/aromatic N) is 2. The summed E-state index contributed by atoms with van der Waals surface area (Å²) >= 11 is 6.01. The number of para-hydroxylation sites is 1. The Bertz CT molecular complexity index is 940. The van der Waals surface area contributed by atoms with Crippen LogP contribution in [0.3, 0.4) is 0 Å². The number of carbonyl (C=O) groups excluding carboxylic acids is 1. The average molecular weight is 380 g/mol. The first-order valence-electron chi connectivity index (χ1n) is 9.39. The normalized spacial score (nSPS) is 13.2. The van der Waals surface area contributed by atoms with Crippen molar-refractivity contribution >= 4 is 23.2 Å². The standard InChI is InChI=1S/C22H22ClN3O/c23-17-7-5-6-16(14-17)11-12-22(27)25-19-9-2-1-8-18(19)20-15-26-13-4-3-10-21(26)24-20/h1-2,5-9,14-15H,3-4,10-13H2,(H,25,27). The first-order chi connectivity index (χ1) is 13.2. The molecule has 1 amide bonds. The number of anilines is 1. The molecule has 2 aromatic carbocycles. The summed E-state index contributed by atoms with van der Waals surface area (Å²) in [6.45, 7) is 1.02. The molecule has 0 saturated carbocycles. The molecule has 0 spiro atoms. The predicted octanol–water partition coefficient (Wildman–Crippen LogP) is 5.11. The van der Waals surface area contributed by atoms with E-state index in [0.29, 0.717) is 17.9 Å². The maximum Gasteiger partial charge on any atom is 0.224 e. The van der Waals surface area contributed by atoms with Crippen LogP contribution < -0.4 is 5.32 Å². The molecule has 0 aliphatic carbocycles. The Morgan fingerprint density at radius 2 is 2.04 bits per heavy atom. The van der Waals surface area contributed by atoms with Crippen molar-refractivity contribution in [3.8, 4) is 11.3 Å². The summed E-state index contributed by atoms with van der Waals surface area (Å²) < 4.78 is 2.23. The quantitative estimate of drug-likeness (QED) is 0.669. The Balaban J connectivity index is 1.48. The van der Waals surface area contributed by atoms with Gasteiger partial charge in [-0.25, -0.2) is 4.98 Å². The van der Waals surface area contributed by atoms with E-state index in [-0.39, 0.29) is 5.91 Å². The fraction of sp³-hybridized carbons (Fsp3) is 0.273. The van der Waals surface area contributed by atoms with Crippen molar-refractivity contribution in [3.05, 3.63) is 71.1 Å². The highest BCUT2D eigenvalue weighted by Gasteiger charge is 2.16. The fourth-order valence-corrected chi connectivity index (χ4v) is 3.73. The molecular formula is C22H22ClN3O. The van der Waals surface area contributed by atoms with E-state index in [1.54, 1.807) is 0 Å². The number of aryl methyl sites for hydroxylation is 3. The molecule has 0 bridgehead atoms. The zero-order valence-corrected chi connectivity index (χ0v) is 15.9. The van der Waals surface area contributed by atoms with Gasteiger partial charge >= 0.3 is 0 Å². The largest absolute Gasteiger partial charge is 0.334 e. The van der Waals surface area contributed by atoms with Crippen LogP contribution in [0.4, 0.5) is 5.69 Å². The Labute approximate surface area is 164 Å². The van der Waals surface area contributed by atoms with E-state index < -0.39 is 0 Å². The molecule has 0 atom stereocenters. The Morgan fingerprint density at radius 1 is 1.15 bits per heavy atom. The van der Waals surface area contributed by atoms with Crippen LogP contribution >= 0.6 is 11.6 Å². The smallest absolute Gasteiger partial charge is 0.224 e. The second kappa shape index (κ2) is 7.97. The SMILES string of the molecule is O=C(CCc1cccc(Cl)c1)Nc1ccccc1-c1cn2c(n1)CCCC2. The maximum atomic E-state index is 12.5. The lowest BCUT2D eigenvalue weighted by Crippen LogP contribution is -2.13. The van der Waals surface area contributed by atoms with Gasteiger partial charge in [-0.05, 0) is 43.0 Å². The summed E-state index contributed by atoms with van der Waals surface area (Å²) in [7, 11) is 0. The molecule has 3 aromatic rings. The number of halogens is 1. The minimum Gasteiger partial charge on any atom is -0.334 e.